The number of rotatable bonds is 2. The number of benzene rings is 1. The largest absolute Gasteiger partial charge is 0.417 e. The highest BCUT2D eigenvalue weighted by atomic mass is 35.5. The van der Waals surface area contributed by atoms with Crippen LogP contribution in [0.2, 0.25) is 5.02 Å². The molecule has 3 aromatic rings. The number of nitrogens with zero attached hydrogens (tertiary/aromatic N) is 4. The van der Waals surface area contributed by atoms with Gasteiger partial charge in [-0.1, -0.05) is 17.7 Å². The van der Waals surface area contributed by atoms with Crippen molar-refractivity contribution < 1.29 is 18.0 Å². The summed E-state index contributed by atoms with van der Waals surface area (Å²) < 4.78 is 39.6. The highest BCUT2D eigenvalue weighted by Gasteiger charge is 2.37. The van der Waals surface area contributed by atoms with E-state index in [1.165, 1.54) is 17.0 Å². The van der Waals surface area contributed by atoms with E-state index < -0.39 is 22.7 Å². The van der Waals surface area contributed by atoms with E-state index in [-0.39, 0.29) is 18.2 Å². The Morgan fingerprint density at radius 2 is 2.03 bits per heavy atom. The number of halogens is 4. The maximum atomic E-state index is 13.2. The summed E-state index contributed by atoms with van der Waals surface area (Å²) >= 11 is 5.97. The van der Waals surface area contributed by atoms with Crippen LogP contribution in [0.5, 0.6) is 0 Å². The molecule has 0 radical (unpaired) electrons. The standard InChI is InChI=1S/C20H17ClF3N5O/c1-10-8-13-16(26-11(2)27-18(13)15-6-7-25-28-15)9-29(10)19(30)12-4-3-5-14(17(12)21)20(22,23)24/h3-7,10H,8-9H2,1-2H3,(H,25,28)/t10-/m1/s1. The minimum absolute atomic E-state index is 0.145. The molecule has 2 aromatic heterocycles. The summed E-state index contributed by atoms with van der Waals surface area (Å²) in [6.07, 6.45) is -2.57. The lowest BCUT2D eigenvalue weighted by molar-refractivity contribution is -0.137. The van der Waals surface area contributed by atoms with Crippen LogP contribution in [0.15, 0.2) is 30.5 Å². The number of amides is 1. The Morgan fingerprint density at radius 3 is 2.70 bits per heavy atom. The van der Waals surface area contributed by atoms with Gasteiger partial charge in [-0.25, -0.2) is 9.97 Å². The van der Waals surface area contributed by atoms with Crippen LogP contribution in [0.1, 0.15) is 39.9 Å². The number of aryl methyl sites for hydroxylation is 1. The zero-order chi connectivity index (χ0) is 21.6. The molecule has 10 heteroatoms. The molecule has 1 aliphatic rings. The maximum absolute atomic E-state index is 13.2. The van der Waals surface area contributed by atoms with E-state index in [9.17, 15) is 18.0 Å². The normalized spacial score (nSPS) is 16.5. The van der Waals surface area contributed by atoms with Crippen LogP contribution >= 0.6 is 11.6 Å². The number of aromatic nitrogens is 4. The molecule has 1 aromatic carbocycles. The predicted molar refractivity (Wildman–Crippen MR) is 104 cm³/mol. The van der Waals surface area contributed by atoms with Gasteiger partial charge in [0.2, 0.25) is 0 Å². The molecule has 1 aliphatic heterocycles. The van der Waals surface area contributed by atoms with Crippen LogP contribution in [0, 0.1) is 6.92 Å². The van der Waals surface area contributed by atoms with Crippen molar-refractivity contribution >= 4 is 17.5 Å². The second-order valence-electron chi connectivity index (χ2n) is 7.17. The van der Waals surface area contributed by atoms with E-state index in [4.69, 9.17) is 11.6 Å². The van der Waals surface area contributed by atoms with Crippen LogP contribution in [-0.4, -0.2) is 37.0 Å². The Kier molecular flexibility index (Phi) is 5.01. The van der Waals surface area contributed by atoms with Crippen molar-refractivity contribution in [3.63, 3.8) is 0 Å². The number of fused-ring (bicyclic) bond motifs is 1. The van der Waals surface area contributed by atoms with E-state index in [1.807, 2.05) is 6.92 Å². The minimum atomic E-state index is -4.64. The van der Waals surface area contributed by atoms with Crippen molar-refractivity contribution in [3.8, 4) is 11.4 Å². The first kappa shape index (κ1) is 20.3. The van der Waals surface area contributed by atoms with Crippen molar-refractivity contribution in [1.29, 1.82) is 0 Å². The molecule has 30 heavy (non-hydrogen) atoms. The van der Waals surface area contributed by atoms with Gasteiger partial charge < -0.3 is 4.90 Å². The van der Waals surface area contributed by atoms with Crippen LogP contribution < -0.4 is 0 Å². The van der Waals surface area contributed by atoms with Gasteiger partial charge in [0.25, 0.3) is 5.91 Å². The molecule has 1 amide bonds. The molecule has 0 saturated heterocycles. The zero-order valence-corrected chi connectivity index (χ0v) is 16.8. The van der Waals surface area contributed by atoms with Crippen molar-refractivity contribution in [2.45, 2.75) is 39.0 Å². The number of carbonyl (C=O) groups excluding carboxylic acids is 1. The number of alkyl halides is 3. The second-order valence-corrected chi connectivity index (χ2v) is 7.54. The highest BCUT2D eigenvalue weighted by molar-refractivity contribution is 6.34. The number of H-pyrrole nitrogens is 1. The van der Waals surface area contributed by atoms with Gasteiger partial charge in [0.1, 0.15) is 5.82 Å². The van der Waals surface area contributed by atoms with Crippen molar-refractivity contribution in [2.75, 3.05) is 0 Å². The van der Waals surface area contributed by atoms with E-state index in [0.29, 0.717) is 23.6 Å². The number of carbonyl (C=O) groups is 1. The molecular formula is C20H17ClF3N5O. The molecule has 0 unspecified atom stereocenters. The van der Waals surface area contributed by atoms with Gasteiger partial charge in [-0.15, -0.1) is 0 Å². The average molecular weight is 436 g/mol. The zero-order valence-electron chi connectivity index (χ0n) is 16.1. The van der Waals surface area contributed by atoms with E-state index in [1.54, 1.807) is 19.2 Å². The first-order chi connectivity index (χ1) is 14.2. The molecule has 0 aliphatic carbocycles. The Hall–Kier alpha value is -2.94. The van der Waals surface area contributed by atoms with Gasteiger partial charge in [0.05, 0.1) is 39.8 Å². The van der Waals surface area contributed by atoms with Gasteiger partial charge in [-0.2, -0.15) is 18.3 Å². The van der Waals surface area contributed by atoms with Crippen LogP contribution in [0.25, 0.3) is 11.4 Å². The van der Waals surface area contributed by atoms with Gasteiger partial charge in [0, 0.05) is 17.8 Å². The Labute approximate surface area is 175 Å². The van der Waals surface area contributed by atoms with Crippen molar-refractivity contribution in [2.24, 2.45) is 0 Å². The van der Waals surface area contributed by atoms with Gasteiger partial charge in [-0.05, 0) is 38.5 Å². The monoisotopic (exact) mass is 435 g/mol. The Balaban J connectivity index is 1.72. The number of hydrogen-bond donors (Lipinski definition) is 1. The van der Waals surface area contributed by atoms with Gasteiger partial charge >= 0.3 is 6.18 Å². The molecule has 0 bridgehead atoms. The summed E-state index contributed by atoms with van der Waals surface area (Å²) in [5.74, 6) is -0.0407. The van der Waals surface area contributed by atoms with E-state index in [0.717, 1.165) is 17.3 Å². The molecule has 156 valence electrons. The number of hydrogen-bond acceptors (Lipinski definition) is 4. The fraction of sp³-hybridized carbons (Fsp3) is 0.300. The molecule has 3 heterocycles. The highest BCUT2D eigenvalue weighted by Crippen LogP contribution is 2.37. The van der Waals surface area contributed by atoms with Crippen LogP contribution in [0.3, 0.4) is 0 Å². The fourth-order valence-electron chi connectivity index (χ4n) is 3.68. The van der Waals surface area contributed by atoms with Gasteiger partial charge in [-0.3, -0.25) is 9.89 Å². The first-order valence-electron chi connectivity index (χ1n) is 9.19. The Morgan fingerprint density at radius 1 is 1.27 bits per heavy atom. The van der Waals surface area contributed by atoms with E-state index >= 15 is 0 Å². The smallest absolute Gasteiger partial charge is 0.330 e. The van der Waals surface area contributed by atoms with E-state index in [2.05, 4.69) is 20.2 Å². The topological polar surface area (TPSA) is 74.8 Å². The molecule has 4 rings (SSSR count). The summed E-state index contributed by atoms with van der Waals surface area (Å²) in [6, 6.07) is 4.87. The molecule has 0 saturated carbocycles. The molecular weight excluding hydrogens is 419 g/mol. The molecule has 6 nitrogen and oxygen atoms in total. The second kappa shape index (κ2) is 7.39. The molecule has 1 atom stereocenters. The predicted octanol–water partition coefficient (Wildman–Crippen LogP) is 4.43. The quantitative estimate of drug-likeness (QED) is 0.646. The average Bonchev–Trinajstić information content (AvgIpc) is 3.20. The van der Waals surface area contributed by atoms with Crippen LogP contribution in [0.4, 0.5) is 13.2 Å². The third-order valence-corrected chi connectivity index (χ3v) is 5.51. The summed E-state index contributed by atoms with van der Waals surface area (Å²) in [7, 11) is 0. The lowest BCUT2D eigenvalue weighted by atomic mass is 9.95. The summed E-state index contributed by atoms with van der Waals surface area (Å²) in [5, 5.41) is 6.26. The fourth-order valence-corrected chi connectivity index (χ4v) is 3.99. The molecule has 1 N–H and O–H groups in total. The van der Waals surface area contributed by atoms with Crippen LogP contribution in [-0.2, 0) is 19.1 Å². The summed E-state index contributed by atoms with van der Waals surface area (Å²) in [6.45, 7) is 3.72. The summed E-state index contributed by atoms with van der Waals surface area (Å²) in [5.41, 5.74) is 1.79. The Bertz CT molecular complexity index is 1110. The summed E-state index contributed by atoms with van der Waals surface area (Å²) in [4.78, 5) is 23.6. The van der Waals surface area contributed by atoms with Crippen molar-refractivity contribution in [1.82, 2.24) is 25.1 Å². The molecule has 0 spiro atoms. The lowest BCUT2D eigenvalue weighted by Gasteiger charge is -2.35. The SMILES string of the molecule is Cc1nc2c(c(-c3ccn[nH]3)n1)C[C@@H](C)N(C(=O)c1cccc(C(F)(F)F)c1Cl)C2. The number of nitrogens with one attached hydrogen (secondary N) is 1. The number of aromatic amines is 1. The third kappa shape index (κ3) is 3.54. The van der Waals surface area contributed by atoms with Gasteiger partial charge in [0.15, 0.2) is 0 Å². The lowest BCUT2D eigenvalue weighted by Crippen LogP contribution is -2.43. The van der Waals surface area contributed by atoms with Crippen molar-refractivity contribution in [3.05, 3.63) is 63.7 Å². The first-order valence-corrected chi connectivity index (χ1v) is 9.57. The third-order valence-electron chi connectivity index (χ3n) is 5.11. The minimum Gasteiger partial charge on any atom is -0.330 e. The maximum Gasteiger partial charge on any atom is 0.417 e. The molecule has 0 fully saturated rings.